The maximum Gasteiger partial charge on any atom is 0.372 e. The second kappa shape index (κ2) is 4.09. The molecule has 1 unspecified atom stereocenters. The molecule has 0 saturated carbocycles. The maximum absolute atomic E-state index is 11.0. The van der Waals surface area contributed by atoms with E-state index in [2.05, 4.69) is 10.3 Å². The second-order valence-corrected chi connectivity index (χ2v) is 4.42. The summed E-state index contributed by atoms with van der Waals surface area (Å²) in [6.45, 7) is 3.99. The zero-order valence-corrected chi connectivity index (χ0v) is 9.82. The Morgan fingerprint density at radius 1 is 1.75 bits per heavy atom. The van der Waals surface area contributed by atoms with Gasteiger partial charge in [-0.2, -0.15) is 9.38 Å². The summed E-state index contributed by atoms with van der Waals surface area (Å²) in [4.78, 5) is 15.4. The number of anilines is 1. The Morgan fingerprint density at radius 3 is 3.12 bits per heavy atom. The number of aromatic nitrogens is 2. The molecule has 16 heavy (non-hydrogen) atoms. The van der Waals surface area contributed by atoms with Crippen LogP contribution in [0.25, 0.3) is 4.96 Å². The van der Waals surface area contributed by atoms with Crippen molar-refractivity contribution in [3.05, 3.63) is 21.7 Å². The van der Waals surface area contributed by atoms with Crippen LogP contribution in [0.3, 0.4) is 0 Å². The smallest absolute Gasteiger partial charge is 0.360 e. The molecule has 86 valence electrons. The molecule has 0 spiro atoms. The van der Waals surface area contributed by atoms with Gasteiger partial charge in [0, 0.05) is 11.4 Å². The number of hydrogen-bond donors (Lipinski definition) is 1. The van der Waals surface area contributed by atoms with Gasteiger partial charge in [0.25, 0.3) is 4.96 Å². The van der Waals surface area contributed by atoms with Crippen molar-refractivity contribution >= 4 is 27.9 Å². The molecule has 0 aliphatic heterocycles. The lowest BCUT2D eigenvalue weighted by atomic mass is 10.3. The van der Waals surface area contributed by atoms with E-state index in [1.165, 1.54) is 15.7 Å². The maximum atomic E-state index is 11.0. The van der Waals surface area contributed by atoms with Crippen LogP contribution in [0.15, 0.2) is 11.6 Å². The van der Waals surface area contributed by atoms with E-state index in [1.807, 2.05) is 13.8 Å². The van der Waals surface area contributed by atoms with Crippen molar-refractivity contribution < 1.29 is 4.92 Å². The fourth-order valence-electron chi connectivity index (χ4n) is 1.38. The Bertz CT molecular complexity index is 519. The van der Waals surface area contributed by atoms with Crippen molar-refractivity contribution in [3.63, 3.8) is 0 Å². The van der Waals surface area contributed by atoms with Gasteiger partial charge >= 0.3 is 5.82 Å². The number of fused-ring (bicyclic) bond motifs is 1. The van der Waals surface area contributed by atoms with Crippen molar-refractivity contribution in [1.29, 1.82) is 0 Å². The predicted octanol–water partition coefficient (Wildman–Crippen LogP) is 2.51. The minimum Gasteiger partial charge on any atom is -0.360 e. The first-order valence-corrected chi connectivity index (χ1v) is 5.88. The van der Waals surface area contributed by atoms with Gasteiger partial charge in [-0.05, 0) is 18.3 Å². The third kappa shape index (κ3) is 1.73. The molecule has 6 nitrogen and oxygen atoms in total. The molecular formula is C9H12N4O2S. The van der Waals surface area contributed by atoms with Crippen LogP contribution < -0.4 is 5.32 Å². The third-order valence-electron chi connectivity index (χ3n) is 2.41. The van der Waals surface area contributed by atoms with Gasteiger partial charge in [-0.1, -0.05) is 18.3 Å². The van der Waals surface area contributed by atoms with Gasteiger partial charge in [0.15, 0.2) is 0 Å². The topological polar surface area (TPSA) is 72.5 Å². The normalized spacial score (nSPS) is 12.9. The standard InChI is InChI=1S/C9H12N4O2S/c1-3-6(2)10-7-8(13(14)15)12-4-5-16-9(12)11-7/h4-6,10H,3H2,1-2H3. The number of nitrogens with one attached hydrogen (secondary N) is 1. The Hall–Kier alpha value is -1.63. The van der Waals surface area contributed by atoms with Gasteiger partial charge in [-0.25, -0.2) is 0 Å². The SMILES string of the molecule is CCC(C)Nc1nc2sccn2c1[N+](=O)[O-]. The second-order valence-electron chi connectivity index (χ2n) is 3.55. The van der Waals surface area contributed by atoms with Gasteiger partial charge in [-0.3, -0.25) is 0 Å². The minimum atomic E-state index is -0.405. The fraction of sp³-hybridized carbons (Fsp3) is 0.444. The van der Waals surface area contributed by atoms with Gasteiger partial charge < -0.3 is 15.4 Å². The van der Waals surface area contributed by atoms with Crippen LogP contribution in [0.1, 0.15) is 20.3 Å². The highest BCUT2D eigenvalue weighted by Gasteiger charge is 2.23. The van der Waals surface area contributed by atoms with Gasteiger partial charge in [0.1, 0.15) is 6.20 Å². The molecule has 2 aromatic heterocycles. The lowest BCUT2D eigenvalue weighted by molar-refractivity contribution is -0.389. The summed E-state index contributed by atoms with van der Waals surface area (Å²) in [6, 6.07) is 0.170. The van der Waals surface area contributed by atoms with E-state index in [4.69, 9.17) is 0 Å². The lowest BCUT2D eigenvalue weighted by Gasteiger charge is -2.09. The third-order valence-corrected chi connectivity index (χ3v) is 3.16. The molecular weight excluding hydrogens is 228 g/mol. The van der Waals surface area contributed by atoms with Gasteiger partial charge in [0.05, 0.1) is 0 Å². The summed E-state index contributed by atoms with van der Waals surface area (Å²) < 4.78 is 1.50. The first-order chi connectivity index (χ1) is 7.63. The van der Waals surface area contributed by atoms with Crippen molar-refractivity contribution in [2.24, 2.45) is 0 Å². The van der Waals surface area contributed by atoms with Gasteiger partial charge in [0.2, 0.25) is 5.82 Å². The molecule has 0 aromatic carbocycles. The molecule has 7 heteroatoms. The first kappa shape index (κ1) is 10.9. The zero-order chi connectivity index (χ0) is 11.7. The molecule has 0 aliphatic rings. The Morgan fingerprint density at radius 2 is 2.50 bits per heavy atom. The number of thiazole rings is 1. The van der Waals surface area contributed by atoms with Crippen molar-refractivity contribution in [3.8, 4) is 0 Å². The van der Waals surface area contributed by atoms with Crippen LogP contribution in [0, 0.1) is 10.1 Å². The van der Waals surface area contributed by atoms with E-state index in [0.29, 0.717) is 10.8 Å². The summed E-state index contributed by atoms with van der Waals surface area (Å²) in [5.41, 5.74) is 0. The van der Waals surface area contributed by atoms with Crippen LogP contribution in [0.4, 0.5) is 11.6 Å². The van der Waals surface area contributed by atoms with Crippen LogP contribution >= 0.6 is 11.3 Å². The van der Waals surface area contributed by atoms with E-state index in [9.17, 15) is 10.1 Å². The molecule has 2 rings (SSSR count). The summed E-state index contributed by atoms with van der Waals surface area (Å²) in [5, 5.41) is 15.8. The molecule has 2 aromatic rings. The minimum absolute atomic E-state index is 0.0107. The summed E-state index contributed by atoms with van der Waals surface area (Å²) in [7, 11) is 0. The summed E-state index contributed by atoms with van der Waals surface area (Å²) >= 11 is 1.38. The zero-order valence-electron chi connectivity index (χ0n) is 9.01. The van der Waals surface area contributed by atoms with E-state index in [1.54, 1.807) is 11.6 Å². The number of hydrogen-bond acceptors (Lipinski definition) is 5. The van der Waals surface area contributed by atoms with Crippen LogP contribution in [-0.2, 0) is 0 Å². The summed E-state index contributed by atoms with van der Waals surface area (Å²) in [5.74, 6) is 0.364. The van der Waals surface area contributed by atoms with Gasteiger partial charge in [-0.15, -0.1) is 0 Å². The summed E-state index contributed by atoms with van der Waals surface area (Å²) in [6.07, 6.45) is 2.55. The molecule has 1 atom stereocenters. The highest BCUT2D eigenvalue weighted by Crippen LogP contribution is 2.28. The molecule has 0 aliphatic carbocycles. The highest BCUT2D eigenvalue weighted by atomic mass is 32.1. The van der Waals surface area contributed by atoms with Crippen LogP contribution in [0.5, 0.6) is 0 Å². The average molecular weight is 240 g/mol. The van der Waals surface area contributed by atoms with Crippen molar-refractivity contribution in [1.82, 2.24) is 9.38 Å². The highest BCUT2D eigenvalue weighted by molar-refractivity contribution is 7.15. The molecule has 0 amide bonds. The Kier molecular flexibility index (Phi) is 2.78. The molecule has 1 N–H and O–H groups in total. The van der Waals surface area contributed by atoms with Crippen molar-refractivity contribution in [2.45, 2.75) is 26.3 Å². The molecule has 0 saturated heterocycles. The quantitative estimate of drug-likeness (QED) is 0.658. The monoisotopic (exact) mass is 240 g/mol. The fourth-order valence-corrected chi connectivity index (χ4v) is 2.09. The number of imidazole rings is 1. The van der Waals surface area contributed by atoms with E-state index in [0.717, 1.165) is 6.42 Å². The molecule has 0 bridgehead atoms. The number of nitro groups is 1. The molecule has 2 heterocycles. The average Bonchev–Trinajstić information content (AvgIpc) is 2.76. The molecule has 0 radical (unpaired) electrons. The predicted molar refractivity (Wildman–Crippen MR) is 63.1 cm³/mol. The number of rotatable bonds is 4. The number of nitrogens with zero attached hydrogens (tertiary/aromatic N) is 3. The lowest BCUT2D eigenvalue weighted by Crippen LogP contribution is -2.14. The van der Waals surface area contributed by atoms with E-state index in [-0.39, 0.29) is 11.9 Å². The van der Waals surface area contributed by atoms with E-state index >= 15 is 0 Å². The van der Waals surface area contributed by atoms with E-state index < -0.39 is 4.92 Å². The van der Waals surface area contributed by atoms with Crippen LogP contribution in [-0.4, -0.2) is 20.3 Å². The van der Waals surface area contributed by atoms with Crippen LogP contribution in [0.2, 0.25) is 0 Å². The van der Waals surface area contributed by atoms with Crippen molar-refractivity contribution in [2.75, 3.05) is 5.32 Å². The molecule has 0 fully saturated rings. The Balaban J connectivity index is 2.47. The first-order valence-electron chi connectivity index (χ1n) is 5.00. The Labute approximate surface area is 96.1 Å². The largest absolute Gasteiger partial charge is 0.372 e.